The van der Waals surface area contributed by atoms with Crippen LogP contribution in [0.3, 0.4) is 0 Å². The first-order chi connectivity index (χ1) is 7.17. The molecule has 1 saturated carbocycles. The monoisotopic (exact) mass is 211 g/mol. The summed E-state index contributed by atoms with van der Waals surface area (Å²) in [6, 6.07) is 0. The standard InChI is InChI=1S/C10H14FN3O/c1-7-8(11)9(13-6-12-7)14-10(5-15)3-2-4-10/h6,15H,2-5H2,1H3,(H,12,13,14). The second-order valence-corrected chi connectivity index (χ2v) is 4.04. The first kappa shape index (κ1) is 10.3. The highest BCUT2D eigenvalue weighted by molar-refractivity contribution is 5.41. The van der Waals surface area contributed by atoms with Crippen LogP contribution in [0.25, 0.3) is 0 Å². The molecular weight excluding hydrogens is 197 g/mol. The first-order valence-electron chi connectivity index (χ1n) is 5.03. The van der Waals surface area contributed by atoms with Crippen molar-refractivity contribution in [2.75, 3.05) is 11.9 Å². The van der Waals surface area contributed by atoms with E-state index >= 15 is 0 Å². The van der Waals surface area contributed by atoms with Crippen LogP contribution in [0.2, 0.25) is 0 Å². The van der Waals surface area contributed by atoms with Crippen LogP contribution < -0.4 is 5.32 Å². The molecule has 0 atom stereocenters. The molecule has 0 amide bonds. The van der Waals surface area contributed by atoms with Gasteiger partial charge < -0.3 is 10.4 Å². The lowest BCUT2D eigenvalue weighted by molar-refractivity contribution is 0.143. The molecule has 0 aromatic carbocycles. The molecule has 0 aliphatic heterocycles. The van der Waals surface area contributed by atoms with Crippen molar-refractivity contribution < 1.29 is 9.50 Å². The molecule has 0 unspecified atom stereocenters. The molecule has 1 aliphatic carbocycles. The Morgan fingerprint density at radius 3 is 2.80 bits per heavy atom. The van der Waals surface area contributed by atoms with E-state index in [-0.39, 0.29) is 18.0 Å². The summed E-state index contributed by atoms with van der Waals surface area (Å²) in [6.07, 6.45) is 4.09. The van der Waals surface area contributed by atoms with Crippen LogP contribution in [-0.4, -0.2) is 27.2 Å². The van der Waals surface area contributed by atoms with Gasteiger partial charge in [0, 0.05) is 0 Å². The van der Waals surface area contributed by atoms with Gasteiger partial charge in [-0.15, -0.1) is 0 Å². The molecule has 0 radical (unpaired) electrons. The number of hydrogen-bond donors (Lipinski definition) is 2. The maximum atomic E-state index is 13.6. The molecule has 5 heteroatoms. The number of aryl methyl sites for hydroxylation is 1. The van der Waals surface area contributed by atoms with Gasteiger partial charge in [0.2, 0.25) is 0 Å². The average Bonchev–Trinajstić information content (AvgIpc) is 2.18. The number of halogens is 1. The zero-order valence-corrected chi connectivity index (χ0v) is 8.63. The molecule has 1 aromatic heterocycles. The Balaban J connectivity index is 2.20. The second kappa shape index (κ2) is 3.73. The Morgan fingerprint density at radius 2 is 2.27 bits per heavy atom. The Labute approximate surface area is 87.6 Å². The molecule has 15 heavy (non-hydrogen) atoms. The van der Waals surface area contributed by atoms with E-state index in [9.17, 15) is 9.50 Å². The van der Waals surface area contributed by atoms with Crippen LogP contribution in [-0.2, 0) is 0 Å². The van der Waals surface area contributed by atoms with Crippen LogP contribution in [0.15, 0.2) is 6.33 Å². The molecule has 0 bridgehead atoms. The summed E-state index contributed by atoms with van der Waals surface area (Å²) in [7, 11) is 0. The lowest BCUT2D eigenvalue weighted by Crippen LogP contribution is -2.48. The van der Waals surface area contributed by atoms with E-state index in [4.69, 9.17) is 0 Å². The molecule has 1 aliphatic rings. The lowest BCUT2D eigenvalue weighted by Gasteiger charge is -2.41. The topological polar surface area (TPSA) is 58.0 Å². The molecule has 1 fully saturated rings. The maximum Gasteiger partial charge on any atom is 0.186 e. The van der Waals surface area contributed by atoms with Gasteiger partial charge in [-0.3, -0.25) is 0 Å². The van der Waals surface area contributed by atoms with Gasteiger partial charge in [-0.05, 0) is 26.2 Å². The van der Waals surface area contributed by atoms with E-state index in [1.807, 2.05) is 0 Å². The van der Waals surface area contributed by atoms with Crippen LogP contribution in [0.1, 0.15) is 25.0 Å². The van der Waals surface area contributed by atoms with E-state index in [0.29, 0.717) is 5.69 Å². The van der Waals surface area contributed by atoms with Crippen molar-refractivity contribution in [3.63, 3.8) is 0 Å². The minimum absolute atomic E-state index is 0.00942. The van der Waals surface area contributed by atoms with E-state index in [1.165, 1.54) is 6.33 Å². The fourth-order valence-electron chi connectivity index (χ4n) is 1.72. The number of nitrogens with one attached hydrogen (secondary N) is 1. The largest absolute Gasteiger partial charge is 0.394 e. The van der Waals surface area contributed by atoms with Crippen molar-refractivity contribution in [1.82, 2.24) is 9.97 Å². The summed E-state index contributed by atoms with van der Waals surface area (Å²) >= 11 is 0. The predicted octanol–water partition coefficient (Wildman–Crippen LogP) is 1.25. The minimum atomic E-state index is -0.433. The third-order valence-corrected chi connectivity index (χ3v) is 2.96. The van der Waals surface area contributed by atoms with Gasteiger partial charge in [0.1, 0.15) is 6.33 Å². The van der Waals surface area contributed by atoms with Crippen LogP contribution in [0, 0.1) is 12.7 Å². The Hall–Kier alpha value is -1.23. The molecule has 2 N–H and O–H groups in total. The normalized spacial score (nSPS) is 18.3. The van der Waals surface area contributed by atoms with Gasteiger partial charge >= 0.3 is 0 Å². The fraction of sp³-hybridized carbons (Fsp3) is 0.600. The quantitative estimate of drug-likeness (QED) is 0.790. The average molecular weight is 211 g/mol. The molecular formula is C10H14FN3O. The number of rotatable bonds is 3. The van der Waals surface area contributed by atoms with Crippen LogP contribution in [0.5, 0.6) is 0 Å². The van der Waals surface area contributed by atoms with Crippen molar-refractivity contribution in [1.29, 1.82) is 0 Å². The summed E-state index contributed by atoms with van der Waals surface area (Å²) < 4.78 is 13.6. The second-order valence-electron chi connectivity index (χ2n) is 4.04. The molecule has 0 spiro atoms. The third-order valence-electron chi connectivity index (χ3n) is 2.96. The number of aromatic nitrogens is 2. The highest BCUT2D eigenvalue weighted by atomic mass is 19.1. The van der Waals surface area contributed by atoms with Gasteiger partial charge in [-0.1, -0.05) is 0 Å². The van der Waals surface area contributed by atoms with Gasteiger partial charge in [0.05, 0.1) is 17.8 Å². The minimum Gasteiger partial charge on any atom is -0.394 e. The molecule has 1 aromatic rings. The third kappa shape index (κ3) is 1.79. The summed E-state index contributed by atoms with van der Waals surface area (Å²) in [5, 5.41) is 12.2. The number of aliphatic hydroxyl groups is 1. The first-order valence-corrected chi connectivity index (χ1v) is 5.03. The van der Waals surface area contributed by atoms with Crippen molar-refractivity contribution in [2.24, 2.45) is 0 Å². The predicted molar refractivity (Wildman–Crippen MR) is 54.0 cm³/mol. The highest BCUT2D eigenvalue weighted by Crippen LogP contribution is 2.34. The van der Waals surface area contributed by atoms with Crippen molar-refractivity contribution in [3.05, 3.63) is 17.8 Å². The number of anilines is 1. The van der Waals surface area contributed by atoms with E-state index in [2.05, 4.69) is 15.3 Å². The van der Waals surface area contributed by atoms with E-state index < -0.39 is 5.82 Å². The van der Waals surface area contributed by atoms with E-state index in [1.54, 1.807) is 6.92 Å². The molecule has 1 heterocycles. The van der Waals surface area contributed by atoms with E-state index in [0.717, 1.165) is 19.3 Å². The molecule has 0 saturated heterocycles. The zero-order chi connectivity index (χ0) is 10.9. The lowest BCUT2D eigenvalue weighted by atomic mass is 9.77. The molecule has 82 valence electrons. The fourth-order valence-corrected chi connectivity index (χ4v) is 1.72. The maximum absolute atomic E-state index is 13.6. The summed E-state index contributed by atoms with van der Waals surface area (Å²) in [5.41, 5.74) is -0.0540. The van der Waals surface area contributed by atoms with Gasteiger partial charge in [-0.2, -0.15) is 0 Å². The Bertz CT molecular complexity index is 360. The summed E-state index contributed by atoms with van der Waals surface area (Å²) in [6.45, 7) is 1.60. The number of nitrogens with zero attached hydrogens (tertiary/aromatic N) is 2. The zero-order valence-electron chi connectivity index (χ0n) is 8.63. The van der Waals surface area contributed by atoms with Crippen molar-refractivity contribution in [2.45, 2.75) is 31.7 Å². The van der Waals surface area contributed by atoms with Gasteiger partial charge in [0.25, 0.3) is 0 Å². The smallest absolute Gasteiger partial charge is 0.186 e. The molecule has 4 nitrogen and oxygen atoms in total. The van der Waals surface area contributed by atoms with Crippen LogP contribution >= 0.6 is 0 Å². The summed E-state index contributed by atoms with van der Waals surface area (Å²) in [5.74, 6) is -0.242. The Kier molecular flexibility index (Phi) is 2.56. The Morgan fingerprint density at radius 1 is 1.53 bits per heavy atom. The van der Waals surface area contributed by atoms with Crippen LogP contribution in [0.4, 0.5) is 10.2 Å². The summed E-state index contributed by atoms with van der Waals surface area (Å²) in [4.78, 5) is 7.60. The SMILES string of the molecule is Cc1ncnc(NC2(CO)CCC2)c1F. The highest BCUT2D eigenvalue weighted by Gasteiger charge is 2.37. The number of aliphatic hydroxyl groups excluding tert-OH is 1. The number of hydrogen-bond acceptors (Lipinski definition) is 4. The molecule has 2 rings (SSSR count). The van der Waals surface area contributed by atoms with Crippen molar-refractivity contribution >= 4 is 5.82 Å². The van der Waals surface area contributed by atoms with Gasteiger partial charge in [0.15, 0.2) is 11.6 Å². The van der Waals surface area contributed by atoms with Gasteiger partial charge in [-0.25, -0.2) is 14.4 Å². The van der Waals surface area contributed by atoms with Crippen molar-refractivity contribution in [3.8, 4) is 0 Å².